The molecule has 0 bridgehead atoms. The summed E-state index contributed by atoms with van der Waals surface area (Å²) in [5.41, 5.74) is 10.2. The molecule has 0 saturated heterocycles. The minimum Gasteiger partial charge on any atom is -0.375 e. The van der Waals surface area contributed by atoms with Crippen molar-refractivity contribution in [3.8, 4) is 0 Å². The average molecular weight is 275 g/mol. The molecule has 0 aliphatic heterocycles. The highest BCUT2D eigenvalue weighted by atomic mass is 79.9. The van der Waals surface area contributed by atoms with Crippen molar-refractivity contribution >= 4 is 39.2 Å². The lowest BCUT2D eigenvalue weighted by molar-refractivity contribution is 0.0943. The molecule has 0 unspecified atom stereocenters. The Morgan fingerprint density at radius 1 is 1.50 bits per heavy atom. The summed E-state index contributed by atoms with van der Waals surface area (Å²) in [5, 5.41) is 0.00121. The maximum absolute atomic E-state index is 11.4. The smallest absolute Gasteiger partial charge is 0.271 e. The van der Waals surface area contributed by atoms with Gasteiger partial charge in [-0.3, -0.25) is 20.6 Å². The second kappa shape index (κ2) is 4.87. The van der Waals surface area contributed by atoms with E-state index in [-0.39, 0.29) is 11.0 Å². The lowest BCUT2D eigenvalue weighted by Gasteiger charge is -2.05. The molecule has 0 saturated carbocycles. The number of hydrogen-bond acceptors (Lipinski definition) is 3. The Morgan fingerprint density at radius 3 is 2.79 bits per heavy atom. The van der Waals surface area contributed by atoms with Crippen LogP contribution in [0.25, 0.3) is 0 Å². The summed E-state index contributed by atoms with van der Waals surface area (Å²) >= 11 is 7.71. The molecular formula is C7H7BrN4OS. The van der Waals surface area contributed by atoms with E-state index in [9.17, 15) is 4.79 Å². The van der Waals surface area contributed by atoms with E-state index < -0.39 is 0 Å². The van der Waals surface area contributed by atoms with Crippen LogP contribution >= 0.6 is 28.1 Å². The summed E-state index contributed by atoms with van der Waals surface area (Å²) in [7, 11) is 0. The molecule has 0 fully saturated rings. The van der Waals surface area contributed by atoms with Gasteiger partial charge in [-0.2, -0.15) is 0 Å². The van der Waals surface area contributed by atoms with Gasteiger partial charge in [-0.05, 0) is 34.2 Å². The first-order chi connectivity index (χ1) is 6.59. The van der Waals surface area contributed by atoms with E-state index in [4.69, 9.17) is 5.73 Å². The molecule has 1 heterocycles. The average Bonchev–Trinajstić information content (AvgIpc) is 2.14. The maximum atomic E-state index is 11.4. The van der Waals surface area contributed by atoms with Crippen molar-refractivity contribution in [3.05, 3.63) is 28.5 Å². The number of hydrogen-bond donors (Lipinski definition) is 3. The van der Waals surface area contributed by atoms with Crippen LogP contribution in [0.3, 0.4) is 0 Å². The molecule has 1 rings (SSSR count). The number of thiocarbonyl (C=S) groups is 1. The lowest BCUT2D eigenvalue weighted by atomic mass is 10.3. The van der Waals surface area contributed by atoms with Crippen LogP contribution in [0.15, 0.2) is 22.9 Å². The van der Waals surface area contributed by atoms with Crippen LogP contribution in [0, 0.1) is 0 Å². The fraction of sp³-hybridized carbons (Fsp3) is 0. The monoisotopic (exact) mass is 274 g/mol. The second-order valence-corrected chi connectivity index (χ2v) is 3.69. The second-order valence-electron chi connectivity index (χ2n) is 2.34. The maximum Gasteiger partial charge on any atom is 0.271 e. The fourth-order valence-corrected chi connectivity index (χ4v) is 1.14. The van der Waals surface area contributed by atoms with Gasteiger partial charge in [0.05, 0.1) is 5.56 Å². The molecule has 1 amide bonds. The van der Waals surface area contributed by atoms with E-state index in [1.54, 1.807) is 12.3 Å². The van der Waals surface area contributed by atoms with Gasteiger partial charge >= 0.3 is 0 Å². The van der Waals surface area contributed by atoms with Gasteiger partial charge < -0.3 is 5.73 Å². The summed E-state index contributed by atoms with van der Waals surface area (Å²) in [5.74, 6) is -0.355. The van der Waals surface area contributed by atoms with E-state index in [0.717, 1.165) is 4.47 Å². The highest BCUT2D eigenvalue weighted by molar-refractivity contribution is 9.10. The zero-order valence-electron chi connectivity index (χ0n) is 6.95. The Hall–Kier alpha value is -1.21. The summed E-state index contributed by atoms with van der Waals surface area (Å²) in [6, 6.07) is 1.63. The van der Waals surface area contributed by atoms with Gasteiger partial charge in [-0.25, -0.2) is 0 Å². The van der Waals surface area contributed by atoms with Crippen molar-refractivity contribution < 1.29 is 4.79 Å². The van der Waals surface area contributed by atoms with Gasteiger partial charge in [0.2, 0.25) is 0 Å². The first kappa shape index (κ1) is 10.9. The van der Waals surface area contributed by atoms with Crippen molar-refractivity contribution in [2.75, 3.05) is 0 Å². The number of carbonyl (C=O) groups is 1. The topological polar surface area (TPSA) is 80.0 Å². The number of carbonyl (C=O) groups excluding carboxylic acids is 1. The van der Waals surface area contributed by atoms with Crippen LogP contribution in [0.2, 0.25) is 0 Å². The third kappa shape index (κ3) is 3.27. The molecule has 0 aliphatic carbocycles. The third-order valence-corrected chi connectivity index (χ3v) is 1.80. The molecule has 0 spiro atoms. The molecule has 0 atom stereocenters. The Balaban J connectivity index is 2.65. The quantitative estimate of drug-likeness (QED) is 0.508. The van der Waals surface area contributed by atoms with Crippen molar-refractivity contribution in [2.24, 2.45) is 5.73 Å². The largest absolute Gasteiger partial charge is 0.375 e. The number of nitrogens with one attached hydrogen (secondary N) is 2. The molecule has 1 aromatic rings. The SMILES string of the molecule is NC(=S)NNC(=O)c1cncc(Br)c1. The van der Waals surface area contributed by atoms with Gasteiger partial charge in [0.15, 0.2) is 5.11 Å². The Labute approximate surface area is 94.2 Å². The number of aromatic nitrogens is 1. The third-order valence-electron chi connectivity index (χ3n) is 1.27. The first-order valence-corrected chi connectivity index (χ1v) is 4.76. The number of nitrogens with zero attached hydrogens (tertiary/aromatic N) is 1. The molecular weight excluding hydrogens is 268 g/mol. The molecule has 5 nitrogen and oxygen atoms in total. The van der Waals surface area contributed by atoms with Crippen LogP contribution in [-0.2, 0) is 0 Å². The van der Waals surface area contributed by atoms with Crippen LogP contribution in [0.1, 0.15) is 10.4 Å². The molecule has 4 N–H and O–H groups in total. The van der Waals surface area contributed by atoms with Crippen molar-refractivity contribution in [3.63, 3.8) is 0 Å². The molecule has 0 aromatic carbocycles. The molecule has 74 valence electrons. The van der Waals surface area contributed by atoms with Crippen LogP contribution < -0.4 is 16.6 Å². The number of rotatable bonds is 1. The number of nitrogens with two attached hydrogens (primary N) is 1. The highest BCUT2D eigenvalue weighted by Crippen LogP contribution is 2.08. The molecule has 14 heavy (non-hydrogen) atoms. The van der Waals surface area contributed by atoms with Crippen LogP contribution in [0.5, 0.6) is 0 Å². The van der Waals surface area contributed by atoms with E-state index in [0.29, 0.717) is 5.56 Å². The highest BCUT2D eigenvalue weighted by Gasteiger charge is 2.05. The molecule has 0 aliphatic rings. The van der Waals surface area contributed by atoms with E-state index >= 15 is 0 Å². The normalized spacial score (nSPS) is 9.21. The van der Waals surface area contributed by atoms with Gasteiger partial charge in [-0.1, -0.05) is 0 Å². The number of halogens is 1. The molecule has 7 heteroatoms. The van der Waals surface area contributed by atoms with E-state index in [2.05, 4.69) is 44.0 Å². The van der Waals surface area contributed by atoms with Gasteiger partial charge in [-0.15, -0.1) is 0 Å². The van der Waals surface area contributed by atoms with Crippen LogP contribution in [-0.4, -0.2) is 16.0 Å². The zero-order valence-corrected chi connectivity index (χ0v) is 9.35. The van der Waals surface area contributed by atoms with Crippen LogP contribution in [0.4, 0.5) is 0 Å². The minimum atomic E-state index is -0.355. The Morgan fingerprint density at radius 2 is 2.21 bits per heavy atom. The summed E-state index contributed by atoms with van der Waals surface area (Å²) in [6.45, 7) is 0. The predicted octanol–water partition coefficient (Wildman–Crippen LogP) is 0.322. The zero-order chi connectivity index (χ0) is 10.6. The standard InChI is InChI=1S/C7H7BrN4OS/c8-5-1-4(2-10-3-5)6(13)11-12-7(9)14/h1-3H,(H,11,13)(H3,9,12,14). The van der Waals surface area contributed by atoms with E-state index in [1.165, 1.54) is 6.20 Å². The Bertz CT molecular complexity index is 370. The summed E-state index contributed by atoms with van der Waals surface area (Å²) in [6.07, 6.45) is 3.01. The van der Waals surface area contributed by atoms with Crippen molar-refractivity contribution in [2.45, 2.75) is 0 Å². The first-order valence-electron chi connectivity index (χ1n) is 3.56. The lowest BCUT2D eigenvalue weighted by Crippen LogP contribution is -2.44. The van der Waals surface area contributed by atoms with Crippen molar-refractivity contribution in [1.82, 2.24) is 15.8 Å². The molecule has 1 aromatic heterocycles. The number of hydrazine groups is 1. The fourth-order valence-electron chi connectivity index (χ4n) is 0.727. The van der Waals surface area contributed by atoms with Gasteiger partial charge in [0, 0.05) is 16.9 Å². The van der Waals surface area contributed by atoms with Crippen molar-refractivity contribution in [1.29, 1.82) is 0 Å². The number of amides is 1. The predicted molar refractivity (Wildman–Crippen MR) is 59.3 cm³/mol. The summed E-state index contributed by atoms with van der Waals surface area (Å²) in [4.78, 5) is 15.2. The van der Waals surface area contributed by atoms with Gasteiger partial charge in [0.1, 0.15) is 0 Å². The number of pyridine rings is 1. The summed E-state index contributed by atoms with van der Waals surface area (Å²) < 4.78 is 0.723. The van der Waals surface area contributed by atoms with Gasteiger partial charge in [0.25, 0.3) is 5.91 Å². The minimum absolute atomic E-state index is 0.00121. The van der Waals surface area contributed by atoms with E-state index in [1.807, 2.05) is 0 Å². The Kier molecular flexibility index (Phi) is 3.78. The molecule has 0 radical (unpaired) electrons.